The maximum Gasteiger partial charge on any atom is 0.224 e. The van der Waals surface area contributed by atoms with Crippen LogP contribution in [0.3, 0.4) is 0 Å². The third kappa shape index (κ3) is 3.61. The summed E-state index contributed by atoms with van der Waals surface area (Å²) < 4.78 is 20.1. The number of benzene rings is 2. The van der Waals surface area contributed by atoms with Crippen molar-refractivity contribution in [3.05, 3.63) is 78.9 Å². The second-order valence-corrected chi connectivity index (χ2v) is 6.17. The largest absolute Gasteiger partial charge is 0.451 e. The standard InChI is InChI=1S/C23H18FN4O/c1-3-29-20-14-15(16-9-6-7-10-18(16)24)13-17-21(20)27-23(28-22(17)25-2)19-11-5-4-8-12-26-19/h4-10,12-14H,1,3H2,2H3,(H,25,27,28)/q+1. The second kappa shape index (κ2) is 8.00. The Morgan fingerprint density at radius 1 is 1.17 bits per heavy atom. The minimum atomic E-state index is -0.313. The molecule has 0 bridgehead atoms. The van der Waals surface area contributed by atoms with Gasteiger partial charge < -0.3 is 10.1 Å². The summed E-state index contributed by atoms with van der Waals surface area (Å²) in [4.78, 5) is 13.6. The molecule has 0 spiro atoms. The van der Waals surface area contributed by atoms with E-state index in [4.69, 9.17) is 4.74 Å². The number of aromatic nitrogens is 2. The van der Waals surface area contributed by atoms with Crippen LogP contribution < -0.4 is 10.1 Å². The van der Waals surface area contributed by atoms with Gasteiger partial charge in [0.15, 0.2) is 11.6 Å². The van der Waals surface area contributed by atoms with Gasteiger partial charge in [-0.15, -0.1) is 0 Å². The fraction of sp³-hybridized carbons (Fsp3) is 0.0870. The highest BCUT2D eigenvalue weighted by Gasteiger charge is 2.17. The highest BCUT2D eigenvalue weighted by Crippen LogP contribution is 2.36. The molecule has 0 saturated carbocycles. The topological polar surface area (TPSA) is 59.4 Å². The lowest BCUT2D eigenvalue weighted by molar-refractivity contribution is 0.365. The van der Waals surface area contributed by atoms with Crippen LogP contribution in [0.5, 0.6) is 5.75 Å². The molecule has 5 nitrogen and oxygen atoms in total. The van der Waals surface area contributed by atoms with Gasteiger partial charge in [-0.2, -0.15) is 0 Å². The SMILES string of the molecule is [CH2+]COc1cc(-c2ccccc2F)cc2c(NC)nc(C3=C=CC=CC=N3)nc12. The molecule has 0 unspecified atom stereocenters. The Labute approximate surface area is 168 Å². The van der Waals surface area contributed by atoms with Crippen LogP contribution in [0.4, 0.5) is 10.2 Å². The lowest BCUT2D eigenvalue weighted by Gasteiger charge is -2.13. The van der Waals surface area contributed by atoms with E-state index < -0.39 is 0 Å². The Bertz CT molecular complexity index is 1210. The zero-order chi connectivity index (χ0) is 20.2. The van der Waals surface area contributed by atoms with Crippen molar-refractivity contribution in [2.75, 3.05) is 19.0 Å². The zero-order valence-electron chi connectivity index (χ0n) is 15.8. The van der Waals surface area contributed by atoms with Gasteiger partial charge in [-0.1, -0.05) is 30.0 Å². The lowest BCUT2D eigenvalue weighted by Crippen LogP contribution is -2.03. The van der Waals surface area contributed by atoms with E-state index in [0.717, 1.165) is 0 Å². The molecule has 2 heterocycles. The summed E-state index contributed by atoms with van der Waals surface area (Å²) in [6.45, 7) is 3.97. The summed E-state index contributed by atoms with van der Waals surface area (Å²) in [5.41, 5.74) is 5.30. The van der Waals surface area contributed by atoms with E-state index in [1.165, 1.54) is 6.07 Å². The van der Waals surface area contributed by atoms with Gasteiger partial charge in [-0.05, 0) is 35.9 Å². The first-order valence-corrected chi connectivity index (χ1v) is 9.08. The average molecular weight is 385 g/mol. The summed E-state index contributed by atoms with van der Waals surface area (Å²) in [5, 5.41) is 3.80. The van der Waals surface area contributed by atoms with Crippen LogP contribution in [-0.4, -0.2) is 29.8 Å². The lowest BCUT2D eigenvalue weighted by atomic mass is 10.0. The molecule has 3 aromatic rings. The first-order valence-electron chi connectivity index (χ1n) is 9.08. The van der Waals surface area contributed by atoms with Gasteiger partial charge in [-0.3, -0.25) is 0 Å². The molecule has 4 rings (SSSR count). The van der Waals surface area contributed by atoms with E-state index in [1.807, 2.05) is 12.1 Å². The summed E-state index contributed by atoms with van der Waals surface area (Å²) in [6, 6.07) is 10.2. The van der Waals surface area contributed by atoms with Gasteiger partial charge >= 0.3 is 0 Å². The molecule has 0 saturated heterocycles. The van der Waals surface area contributed by atoms with Crippen LogP contribution in [-0.2, 0) is 0 Å². The van der Waals surface area contributed by atoms with Crippen molar-refractivity contribution in [2.24, 2.45) is 4.99 Å². The number of halogens is 1. The van der Waals surface area contributed by atoms with Gasteiger partial charge in [0.2, 0.25) is 6.61 Å². The molecular weight excluding hydrogens is 367 g/mol. The fourth-order valence-electron chi connectivity index (χ4n) is 3.08. The smallest absolute Gasteiger partial charge is 0.224 e. The highest BCUT2D eigenvalue weighted by molar-refractivity contribution is 5.97. The normalized spacial score (nSPS) is 12.7. The number of fused-ring (bicyclic) bond motifs is 1. The van der Waals surface area contributed by atoms with Crippen molar-refractivity contribution in [1.82, 2.24) is 9.97 Å². The van der Waals surface area contributed by atoms with Gasteiger partial charge in [0, 0.05) is 24.2 Å². The Kier molecular flexibility index (Phi) is 5.10. The monoisotopic (exact) mass is 385 g/mol. The first-order chi connectivity index (χ1) is 14.2. The number of nitrogens with one attached hydrogen (secondary N) is 1. The zero-order valence-corrected chi connectivity index (χ0v) is 15.8. The van der Waals surface area contributed by atoms with E-state index in [9.17, 15) is 4.39 Å². The minimum absolute atomic E-state index is 0.203. The number of ether oxygens (including phenoxy) is 1. The maximum atomic E-state index is 14.4. The average Bonchev–Trinajstić information content (AvgIpc) is 3.03. The van der Waals surface area contributed by atoms with Crippen LogP contribution in [0.2, 0.25) is 0 Å². The molecule has 0 aliphatic carbocycles. The predicted molar refractivity (Wildman–Crippen MR) is 114 cm³/mol. The van der Waals surface area contributed by atoms with Crippen molar-refractivity contribution in [2.45, 2.75) is 0 Å². The van der Waals surface area contributed by atoms with Crippen LogP contribution in [0.25, 0.3) is 27.7 Å². The van der Waals surface area contributed by atoms with Crippen LogP contribution in [0.15, 0.2) is 65.3 Å². The van der Waals surface area contributed by atoms with E-state index in [1.54, 1.807) is 49.7 Å². The highest BCUT2D eigenvalue weighted by atomic mass is 19.1. The predicted octanol–water partition coefficient (Wildman–Crippen LogP) is 4.83. The number of hydrogen-bond donors (Lipinski definition) is 1. The fourth-order valence-corrected chi connectivity index (χ4v) is 3.08. The van der Waals surface area contributed by atoms with Crippen LogP contribution >= 0.6 is 0 Å². The van der Waals surface area contributed by atoms with Gasteiger partial charge in [-0.25, -0.2) is 19.4 Å². The molecule has 0 radical (unpaired) electrons. The van der Waals surface area contributed by atoms with E-state index in [0.29, 0.717) is 45.1 Å². The molecular formula is C23H18FN4O+. The van der Waals surface area contributed by atoms with Crippen molar-refractivity contribution < 1.29 is 9.13 Å². The van der Waals surface area contributed by atoms with Crippen LogP contribution in [0.1, 0.15) is 5.82 Å². The van der Waals surface area contributed by atoms with Crippen molar-refractivity contribution in [1.29, 1.82) is 0 Å². The molecule has 1 aromatic heterocycles. The molecule has 0 amide bonds. The summed E-state index contributed by atoms with van der Waals surface area (Å²) in [5.74, 6) is 1.17. The van der Waals surface area contributed by atoms with E-state index in [-0.39, 0.29) is 12.4 Å². The molecule has 0 atom stereocenters. The first kappa shape index (κ1) is 18.5. The number of nitrogens with zero attached hydrogens (tertiary/aromatic N) is 3. The van der Waals surface area contributed by atoms with E-state index in [2.05, 4.69) is 32.9 Å². The number of hydrogen-bond acceptors (Lipinski definition) is 5. The van der Waals surface area contributed by atoms with Crippen molar-refractivity contribution in [3.8, 4) is 16.9 Å². The molecule has 142 valence electrons. The Balaban J connectivity index is 1.98. The molecule has 6 heteroatoms. The third-order valence-electron chi connectivity index (χ3n) is 4.37. The Hall–Kier alpha value is -3.89. The summed E-state index contributed by atoms with van der Waals surface area (Å²) >= 11 is 0. The molecule has 1 aliphatic heterocycles. The number of anilines is 1. The van der Waals surface area contributed by atoms with Gasteiger partial charge in [0.05, 0.1) is 0 Å². The van der Waals surface area contributed by atoms with Crippen molar-refractivity contribution in [3.63, 3.8) is 0 Å². The summed E-state index contributed by atoms with van der Waals surface area (Å²) in [6.07, 6.45) is 7.04. The van der Waals surface area contributed by atoms with Crippen LogP contribution in [0, 0.1) is 12.7 Å². The minimum Gasteiger partial charge on any atom is -0.451 e. The molecule has 0 fully saturated rings. The number of rotatable bonds is 5. The maximum absolute atomic E-state index is 14.4. The Morgan fingerprint density at radius 3 is 2.83 bits per heavy atom. The van der Waals surface area contributed by atoms with Crippen molar-refractivity contribution >= 4 is 28.6 Å². The molecule has 29 heavy (non-hydrogen) atoms. The Morgan fingerprint density at radius 2 is 2.03 bits per heavy atom. The molecule has 1 N–H and O–H groups in total. The number of allylic oxidation sites excluding steroid dienone is 3. The summed E-state index contributed by atoms with van der Waals surface area (Å²) in [7, 11) is 1.77. The molecule has 2 aromatic carbocycles. The van der Waals surface area contributed by atoms with Gasteiger partial charge in [0.25, 0.3) is 0 Å². The third-order valence-corrected chi connectivity index (χ3v) is 4.37. The number of aliphatic imine (C=N–C) groups is 1. The van der Waals surface area contributed by atoms with Gasteiger partial charge in [0.1, 0.15) is 29.8 Å². The quantitative estimate of drug-likeness (QED) is 0.505. The molecule has 1 aliphatic rings. The van der Waals surface area contributed by atoms with E-state index >= 15 is 0 Å². The second-order valence-electron chi connectivity index (χ2n) is 6.17.